The Morgan fingerprint density at radius 3 is 2.12 bits per heavy atom. The van der Waals surface area contributed by atoms with Gasteiger partial charge in [-0.3, -0.25) is 14.4 Å². The summed E-state index contributed by atoms with van der Waals surface area (Å²) in [6.07, 6.45) is 7.66. The lowest BCUT2D eigenvalue weighted by Crippen LogP contribution is -2.42. The van der Waals surface area contributed by atoms with Gasteiger partial charge in [0.15, 0.2) is 12.0 Å². The van der Waals surface area contributed by atoms with Crippen molar-refractivity contribution in [1.82, 2.24) is 0 Å². The molecule has 4 rings (SSSR count). The van der Waals surface area contributed by atoms with Gasteiger partial charge in [0, 0.05) is 11.8 Å². The average Bonchev–Trinajstić information content (AvgIpc) is 3.54. The summed E-state index contributed by atoms with van der Waals surface area (Å²) in [5.74, 6) is -1.10. The Hall–Kier alpha value is -2.63. The van der Waals surface area contributed by atoms with Crippen LogP contribution in [0.2, 0.25) is 0 Å². The highest BCUT2D eigenvalue weighted by Crippen LogP contribution is 2.62. The van der Waals surface area contributed by atoms with E-state index in [4.69, 9.17) is 18.9 Å². The van der Waals surface area contributed by atoms with Crippen LogP contribution in [0.1, 0.15) is 113 Å². The summed E-state index contributed by atoms with van der Waals surface area (Å²) in [4.78, 5) is 47.9. The van der Waals surface area contributed by atoms with Gasteiger partial charge < -0.3 is 18.9 Å². The molecule has 0 aromatic rings. The third-order valence-corrected chi connectivity index (χ3v) is 10.2. The molecule has 0 spiro atoms. The molecular formula is C32H49NO8. The largest absolute Gasteiger partial charge is 0.458 e. The average molecular weight is 576 g/mol. The van der Waals surface area contributed by atoms with Crippen molar-refractivity contribution in [1.29, 1.82) is 5.26 Å². The van der Waals surface area contributed by atoms with Crippen molar-refractivity contribution >= 4 is 23.9 Å². The number of hydrogen-bond acceptors (Lipinski definition) is 9. The fourth-order valence-corrected chi connectivity index (χ4v) is 6.38. The van der Waals surface area contributed by atoms with Gasteiger partial charge in [0.25, 0.3) is 0 Å². The summed E-state index contributed by atoms with van der Waals surface area (Å²) < 4.78 is 21.6. The molecule has 5 atom stereocenters. The minimum Gasteiger partial charge on any atom is -0.458 e. The van der Waals surface area contributed by atoms with Gasteiger partial charge in [0.1, 0.15) is 17.8 Å². The van der Waals surface area contributed by atoms with Gasteiger partial charge in [0.05, 0.1) is 16.9 Å². The van der Waals surface area contributed by atoms with E-state index in [1.54, 1.807) is 0 Å². The number of rotatable bonds is 9. The summed E-state index contributed by atoms with van der Waals surface area (Å²) in [6.45, 7) is 14.8. The van der Waals surface area contributed by atoms with Crippen molar-refractivity contribution in [2.24, 2.45) is 34.0 Å². The Labute approximate surface area is 245 Å². The third kappa shape index (κ3) is 6.73. The monoisotopic (exact) mass is 575 g/mol. The van der Waals surface area contributed by atoms with Crippen LogP contribution in [0.4, 0.5) is 0 Å². The van der Waals surface area contributed by atoms with E-state index < -0.39 is 39.9 Å². The zero-order chi connectivity index (χ0) is 30.8. The number of hydrogen-bond donors (Lipinski definition) is 0. The molecule has 2 bridgehead atoms. The number of carbonyl (C=O) groups excluding carboxylic acids is 4. The Morgan fingerprint density at radius 1 is 0.976 bits per heavy atom. The maximum absolute atomic E-state index is 12.2. The van der Waals surface area contributed by atoms with Crippen LogP contribution >= 0.6 is 0 Å². The van der Waals surface area contributed by atoms with Crippen LogP contribution in [-0.4, -0.2) is 48.3 Å². The van der Waals surface area contributed by atoms with Crippen LogP contribution in [0.3, 0.4) is 0 Å². The molecule has 1 saturated heterocycles. The Balaban J connectivity index is 0.000000225. The summed E-state index contributed by atoms with van der Waals surface area (Å²) in [7, 11) is 0. The Kier molecular flexibility index (Phi) is 9.87. The first-order valence-electron chi connectivity index (χ1n) is 15.3. The van der Waals surface area contributed by atoms with Crippen LogP contribution in [0.15, 0.2) is 0 Å². The summed E-state index contributed by atoms with van der Waals surface area (Å²) in [6, 6.07) is 2.15. The van der Waals surface area contributed by atoms with Crippen molar-refractivity contribution in [2.75, 3.05) is 6.61 Å². The van der Waals surface area contributed by atoms with Gasteiger partial charge in [-0.1, -0.05) is 33.1 Å². The molecule has 5 unspecified atom stereocenters. The highest BCUT2D eigenvalue weighted by molar-refractivity contribution is 5.85. The molecule has 1 aliphatic heterocycles. The lowest BCUT2D eigenvalue weighted by atomic mass is 9.74. The number of carbonyl (C=O) groups is 4. The minimum absolute atomic E-state index is 0.0766. The highest BCUT2D eigenvalue weighted by Gasteiger charge is 2.72. The summed E-state index contributed by atoms with van der Waals surface area (Å²) >= 11 is 0. The molecule has 4 fully saturated rings. The number of ether oxygens (including phenoxy) is 4. The molecule has 0 aromatic heterocycles. The van der Waals surface area contributed by atoms with Crippen molar-refractivity contribution in [3.05, 3.63) is 0 Å². The third-order valence-electron chi connectivity index (χ3n) is 10.2. The second kappa shape index (κ2) is 12.3. The van der Waals surface area contributed by atoms with E-state index in [-0.39, 0.29) is 36.5 Å². The van der Waals surface area contributed by atoms with Crippen molar-refractivity contribution in [3.63, 3.8) is 0 Å². The van der Waals surface area contributed by atoms with E-state index >= 15 is 0 Å². The Morgan fingerprint density at radius 2 is 1.56 bits per heavy atom. The highest BCUT2D eigenvalue weighted by atomic mass is 16.6. The second-order valence-corrected chi connectivity index (χ2v) is 14.1. The first-order chi connectivity index (χ1) is 19.0. The smallest absolute Gasteiger partial charge is 0.344 e. The molecule has 0 aromatic carbocycles. The summed E-state index contributed by atoms with van der Waals surface area (Å²) in [5, 5.41) is 9.31. The standard InChI is InChI=1S/C17H30O4.C15H19NO4/c1-6-16(2,3)15(19)20-12-14(18)21-17(4,5)13-10-8-7-9-11-13;1-4-14(2,3)12(17)19-10-8-5-9-11(10)20-13(18)15(9,6-8)7-16/h13H,6-12H2,1-5H3;8-11H,4-6H2,1-3H3. The zero-order valence-corrected chi connectivity index (χ0v) is 26.2. The van der Waals surface area contributed by atoms with Gasteiger partial charge in [0.2, 0.25) is 0 Å². The maximum Gasteiger partial charge on any atom is 0.344 e. The van der Waals surface area contributed by atoms with E-state index in [2.05, 4.69) is 6.07 Å². The van der Waals surface area contributed by atoms with E-state index in [0.29, 0.717) is 25.2 Å². The SMILES string of the molecule is CCC(C)(C)C(=O)OC1C2CC3C1OC(=O)C3(C#N)C2.CCC(C)(C)C(=O)OCC(=O)OC(C)(C)C1CCCCC1. The van der Waals surface area contributed by atoms with Crippen LogP contribution in [0.5, 0.6) is 0 Å². The number of nitrogens with zero attached hydrogens (tertiary/aromatic N) is 1. The molecule has 9 heteroatoms. The van der Waals surface area contributed by atoms with Crippen LogP contribution in [0.25, 0.3) is 0 Å². The van der Waals surface area contributed by atoms with Gasteiger partial charge in [-0.05, 0) is 86.0 Å². The topological polar surface area (TPSA) is 129 Å². The fourth-order valence-electron chi connectivity index (χ4n) is 6.38. The maximum atomic E-state index is 12.2. The predicted molar refractivity (Wildman–Crippen MR) is 150 cm³/mol. The van der Waals surface area contributed by atoms with Gasteiger partial charge >= 0.3 is 23.9 Å². The molecule has 0 radical (unpaired) electrons. The molecule has 3 saturated carbocycles. The van der Waals surface area contributed by atoms with Crippen LogP contribution in [0, 0.1) is 45.3 Å². The molecule has 3 aliphatic carbocycles. The zero-order valence-electron chi connectivity index (χ0n) is 26.2. The second-order valence-electron chi connectivity index (χ2n) is 14.1. The normalized spacial score (nSPS) is 29.1. The molecule has 4 aliphatic rings. The van der Waals surface area contributed by atoms with Gasteiger partial charge in [-0.2, -0.15) is 5.26 Å². The molecule has 0 amide bonds. The van der Waals surface area contributed by atoms with Gasteiger partial charge in [-0.25, -0.2) is 4.79 Å². The van der Waals surface area contributed by atoms with Crippen LogP contribution in [-0.2, 0) is 38.1 Å². The number of esters is 4. The molecule has 230 valence electrons. The lowest BCUT2D eigenvalue weighted by Gasteiger charge is -2.36. The first kappa shape index (κ1) is 32.9. The van der Waals surface area contributed by atoms with Crippen molar-refractivity contribution < 1.29 is 38.1 Å². The fraction of sp³-hybridized carbons (Fsp3) is 0.844. The number of nitriles is 1. The Bertz CT molecular complexity index is 1050. The molecule has 0 N–H and O–H groups in total. The molecule has 9 nitrogen and oxygen atoms in total. The summed E-state index contributed by atoms with van der Waals surface area (Å²) in [5.41, 5.74) is -2.54. The van der Waals surface area contributed by atoms with E-state index in [9.17, 15) is 24.4 Å². The van der Waals surface area contributed by atoms with Gasteiger partial charge in [-0.15, -0.1) is 0 Å². The van der Waals surface area contributed by atoms with E-state index in [1.165, 1.54) is 19.3 Å². The van der Waals surface area contributed by atoms with Crippen molar-refractivity contribution in [3.8, 4) is 6.07 Å². The number of fused-ring (bicyclic) bond motifs is 1. The molecular weight excluding hydrogens is 526 g/mol. The van der Waals surface area contributed by atoms with E-state index in [1.807, 2.05) is 55.4 Å². The quantitative estimate of drug-likeness (QED) is 0.252. The van der Waals surface area contributed by atoms with Crippen LogP contribution < -0.4 is 0 Å². The molecule has 1 heterocycles. The van der Waals surface area contributed by atoms with E-state index in [0.717, 1.165) is 19.3 Å². The first-order valence-corrected chi connectivity index (χ1v) is 15.3. The predicted octanol–water partition coefficient (Wildman–Crippen LogP) is 5.68. The minimum atomic E-state index is -0.974. The molecule has 41 heavy (non-hydrogen) atoms. The lowest BCUT2D eigenvalue weighted by molar-refractivity contribution is -0.175. The van der Waals surface area contributed by atoms with Crippen molar-refractivity contribution in [2.45, 2.75) is 131 Å².